The zero-order valence-electron chi connectivity index (χ0n) is 15.1. The molecule has 0 aromatic rings. The van der Waals surface area contributed by atoms with E-state index in [9.17, 15) is 8.42 Å². The van der Waals surface area contributed by atoms with Crippen LogP contribution in [0.5, 0.6) is 0 Å². The van der Waals surface area contributed by atoms with Gasteiger partial charge in [-0.3, -0.25) is 4.99 Å². The molecule has 0 bridgehead atoms. The van der Waals surface area contributed by atoms with Crippen molar-refractivity contribution < 1.29 is 8.42 Å². The summed E-state index contributed by atoms with van der Waals surface area (Å²) in [5.41, 5.74) is 0. The number of hydrogen-bond donors (Lipinski definition) is 2. The summed E-state index contributed by atoms with van der Waals surface area (Å²) in [5.74, 6) is 1.35. The van der Waals surface area contributed by atoms with E-state index in [-0.39, 0.29) is 0 Å². The van der Waals surface area contributed by atoms with Crippen molar-refractivity contribution in [2.75, 3.05) is 59.1 Å². The van der Waals surface area contributed by atoms with Gasteiger partial charge in [-0.05, 0) is 44.7 Å². The highest BCUT2D eigenvalue weighted by molar-refractivity contribution is 7.88. The molecule has 24 heavy (non-hydrogen) atoms. The zero-order chi connectivity index (χ0) is 17.4. The first kappa shape index (κ1) is 19.5. The summed E-state index contributed by atoms with van der Waals surface area (Å²) >= 11 is 0. The molecule has 2 N–H and O–H groups in total. The average Bonchev–Trinajstić information content (AvgIpc) is 2.58. The lowest BCUT2D eigenvalue weighted by Crippen LogP contribution is -2.45. The highest BCUT2D eigenvalue weighted by Crippen LogP contribution is 2.18. The first-order valence-electron chi connectivity index (χ1n) is 9.11. The summed E-state index contributed by atoms with van der Waals surface area (Å²) in [6, 6.07) is 0. The Morgan fingerprint density at radius 2 is 1.75 bits per heavy atom. The SMILES string of the molecule is CN=C(NCCN1CCCCC1)NCC1CCN(S(C)(=O)=O)CC1. The molecule has 0 aliphatic carbocycles. The normalized spacial score (nSPS) is 22.5. The van der Waals surface area contributed by atoms with Crippen LogP contribution in [0.25, 0.3) is 0 Å². The predicted octanol–water partition coefficient (Wildman–Crippen LogP) is 0.309. The van der Waals surface area contributed by atoms with E-state index in [1.54, 1.807) is 11.4 Å². The molecule has 0 amide bonds. The van der Waals surface area contributed by atoms with E-state index in [1.165, 1.54) is 38.6 Å². The third-order valence-corrected chi connectivity index (χ3v) is 6.30. The van der Waals surface area contributed by atoms with Crippen LogP contribution < -0.4 is 10.6 Å². The number of sulfonamides is 1. The number of nitrogens with one attached hydrogen (secondary N) is 2. The molecule has 0 unspecified atom stereocenters. The van der Waals surface area contributed by atoms with Crippen LogP contribution in [0.2, 0.25) is 0 Å². The Labute approximate surface area is 146 Å². The molecule has 8 heteroatoms. The molecule has 2 fully saturated rings. The van der Waals surface area contributed by atoms with Crippen LogP contribution in [-0.2, 0) is 10.0 Å². The van der Waals surface area contributed by atoms with Gasteiger partial charge in [0.15, 0.2) is 5.96 Å². The zero-order valence-corrected chi connectivity index (χ0v) is 15.9. The van der Waals surface area contributed by atoms with Gasteiger partial charge < -0.3 is 15.5 Å². The summed E-state index contributed by atoms with van der Waals surface area (Å²) in [6.45, 7) is 6.51. The van der Waals surface area contributed by atoms with Gasteiger partial charge in [-0.15, -0.1) is 0 Å². The minimum absolute atomic E-state index is 0.503. The van der Waals surface area contributed by atoms with E-state index >= 15 is 0 Å². The van der Waals surface area contributed by atoms with Crippen molar-refractivity contribution in [1.29, 1.82) is 0 Å². The van der Waals surface area contributed by atoms with Crippen LogP contribution in [-0.4, -0.2) is 82.7 Å². The molecule has 0 spiro atoms. The fourth-order valence-corrected chi connectivity index (χ4v) is 4.30. The Balaban J connectivity index is 1.61. The second kappa shape index (κ2) is 9.58. The first-order valence-corrected chi connectivity index (χ1v) is 11.0. The lowest BCUT2D eigenvalue weighted by molar-refractivity contribution is 0.232. The average molecular weight is 360 g/mol. The molecular weight excluding hydrogens is 326 g/mol. The Bertz CT molecular complexity index is 495. The van der Waals surface area contributed by atoms with Crippen LogP contribution >= 0.6 is 0 Å². The molecular formula is C16H33N5O2S. The number of guanidine groups is 1. The molecule has 2 aliphatic rings. The van der Waals surface area contributed by atoms with Crippen LogP contribution in [0.1, 0.15) is 32.1 Å². The van der Waals surface area contributed by atoms with E-state index in [1.807, 2.05) is 0 Å². The molecule has 0 atom stereocenters. The van der Waals surface area contributed by atoms with Crippen molar-refractivity contribution in [3.8, 4) is 0 Å². The number of hydrogen-bond acceptors (Lipinski definition) is 4. The number of nitrogens with zero attached hydrogens (tertiary/aromatic N) is 3. The molecule has 0 saturated carbocycles. The summed E-state index contributed by atoms with van der Waals surface area (Å²) < 4.78 is 24.6. The number of rotatable bonds is 6. The van der Waals surface area contributed by atoms with Crippen LogP contribution in [0.15, 0.2) is 4.99 Å². The lowest BCUT2D eigenvalue weighted by Gasteiger charge is -2.30. The summed E-state index contributed by atoms with van der Waals surface area (Å²) in [6.07, 6.45) is 7.11. The van der Waals surface area contributed by atoms with Crippen molar-refractivity contribution >= 4 is 16.0 Å². The summed E-state index contributed by atoms with van der Waals surface area (Å²) in [4.78, 5) is 6.78. The Hall–Kier alpha value is -0.860. The molecule has 2 aliphatic heterocycles. The fourth-order valence-electron chi connectivity index (χ4n) is 3.42. The largest absolute Gasteiger partial charge is 0.356 e. The highest BCUT2D eigenvalue weighted by Gasteiger charge is 2.24. The van der Waals surface area contributed by atoms with Gasteiger partial charge in [0.25, 0.3) is 0 Å². The number of piperidine rings is 2. The van der Waals surface area contributed by atoms with E-state index < -0.39 is 10.0 Å². The van der Waals surface area contributed by atoms with Crippen molar-refractivity contribution in [3.05, 3.63) is 0 Å². The first-order chi connectivity index (χ1) is 11.5. The monoisotopic (exact) mass is 359 g/mol. The predicted molar refractivity (Wildman–Crippen MR) is 98.8 cm³/mol. The van der Waals surface area contributed by atoms with Gasteiger partial charge in [0.05, 0.1) is 6.26 Å². The van der Waals surface area contributed by atoms with E-state index in [0.29, 0.717) is 19.0 Å². The summed E-state index contributed by atoms with van der Waals surface area (Å²) in [5, 5.41) is 6.76. The van der Waals surface area contributed by atoms with Gasteiger partial charge in [0.2, 0.25) is 10.0 Å². The van der Waals surface area contributed by atoms with Crippen molar-refractivity contribution in [3.63, 3.8) is 0 Å². The van der Waals surface area contributed by atoms with E-state index in [4.69, 9.17) is 0 Å². The maximum Gasteiger partial charge on any atom is 0.211 e. The molecule has 0 aromatic heterocycles. The van der Waals surface area contributed by atoms with Crippen molar-refractivity contribution in [2.24, 2.45) is 10.9 Å². The van der Waals surface area contributed by atoms with E-state index in [2.05, 4.69) is 20.5 Å². The Kier molecular flexibility index (Phi) is 7.77. The van der Waals surface area contributed by atoms with Gasteiger partial charge in [-0.2, -0.15) is 0 Å². The second-order valence-corrected chi connectivity index (χ2v) is 8.87. The minimum atomic E-state index is -3.04. The molecule has 2 saturated heterocycles. The van der Waals surface area contributed by atoms with Crippen molar-refractivity contribution in [1.82, 2.24) is 19.8 Å². The van der Waals surface area contributed by atoms with Crippen molar-refractivity contribution in [2.45, 2.75) is 32.1 Å². The second-order valence-electron chi connectivity index (χ2n) is 6.89. The van der Waals surface area contributed by atoms with E-state index in [0.717, 1.165) is 38.4 Å². The third-order valence-electron chi connectivity index (χ3n) is 4.99. The van der Waals surface area contributed by atoms with Crippen LogP contribution in [0, 0.1) is 5.92 Å². The highest BCUT2D eigenvalue weighted by atomic mass is 32.2. The van der Waals surface area contributed by atoms with Gasteiger partial charge in [0, 0.05) is 39.8 Å². The van der Waals surface area contributed by atoms with Gasteiger partial charge in [0.1, 0.15) is 0 Å². The maximum atomic E-state index is 11.5. The Morgan fingerprint density at radius 3 is 2.33 bits per heavy atom. The maximum absolute atomic E-state index is 11.5. The van der Waals surface area contributed by atoms with Gasteiger partial charge in [-0.1, -0.05) is 6.42 Å². The number of likely N-dealkylation sites (tertiary alicyclic amines) is 1. The molecule has 0 radical (unpaired) electrons. The molecule has 140 valence electrons. The lowest BCUT2D eigenvalue weighted by atomic mass is 9.98. The smallest absolute Gasteiger partial charge is 0.211 e. The molecule has 2 rings (SSSR count). The van der Waals surface area contributed by atoms with Gasteiger partial charge >= 0.3 is 0 Å². The van der Waals surface area contributed by atoms with Gasteiger partial charge in [-0.25, -0.2) is 12.7 Å². The topological polar surface area (TPSA) is 77.0 Å². The summed E-state index contributed by atoms with van der Waals surface area (Å²) in [7, 11) is -1.24. The molecule has 7 nitrogen and oxygen atoms in total. The molecule has 2 heterocycles. The number of aliphatic imine (C=N–C) groups is 1. The standard InChI is InChI=1S/C16H33N5O2S/c1-17-16(18-8-13-20-9-4-3-5-10-20)19-14-15-6-11-21(12-7-15)24(2,22)23/h15H,3-14H2,1-2H3,(H2,17,18,19). The molecule has 0 aromatic carbocycles. The van der Waals surface area contributed by atoms with Crippen LogP contribution in [0.4, 0.5) is 0 Å². The fraction of sp³-hybridized carbons (Fsp3) is 0.938. The minimum Gasteiger partial charge on any atom is -0.356 e. The Morgan fingerprint density at radius 1 is 1.08 bits per heavy atom. The quantitative estimate of drug-likeness (QED) is 0.527. The third kappa shape index (κ3) is 6.57. The van der Waals surface area contributed by atoms with Crippen LogP contribution in [0.3, 0.4) is 0 Å².